The van der Waals surface area contributed by atoms with E-state index < -0.39 is 11.6 Å². The highest BCUT2D eigenvalue weighted by molar-refractivity contribution is 5.76. The molecule has 0 aliphatic heterocycles. The number of aliphatic hydroxyl groups is 1. The lowest BCUT2D eigenvalue weighted by Gasteiger charge is -2.20. The molecule has 0 aliphatic rings. The van der Waals surface area contributed by atoms with Gasteiger partial charge in [-0.1, -0.05) is 0 Å². The molecular formula is C9H19NO4. The van der Waals surface area contributed by atoms with Crippen molar-refractivity contribution in [3.63, 3.8) is 0 Å². The minimum absolute atomic E-state index is 0.0136. The van der Waals surface area contributed by atoms with Crippen LogP contribution in [0.5, 0.6) is 0 Å². The Kier molecular flexibility index (Phi) is 5.68. The number of carboxylic acid groups (broad SMARTS) is 1. The van der Waals surface area contributed by atoms with Gasteiger partial charge in [0.15, 0.2) is 5.60 Å². The number of ether oxygens (including phenoxy) is 1. The number of hydrogen-bond donors (Lipinski definition) is 3. The highest BCUT2D eigenvalue weighted by atomic mass is 16.5. The Morgan fingerprint density at radius 3 is 2.64 bits per heavy atom. The van der Waals surface area contributed by atoms with E-state index in [4.69, 9.17) is 9.84 Å². The number of carbonyl (C=O) groups is 1. The Morgan fingerprint density at radius 2 is 2.21 bits per heavy atom. The van der Waals surface area contributed by atoms with Crippen molar-refractivity contribution in [1.82, 2.24) is 5.32 Å². The van der Waals surface area contributed by atoms with Gasteiger partial charge in [0.25, 0.3) is 0 Å². The average Bonchev–Trinajstić information content (AvgIpc) is 2.04. The van der Waals surface area contributed by atoms with Crippen molar-refractivity contribution in [2.45, 2.75) is 32.5 Å². The van der Waals surface area contributed by atoms with Gasteiger partial charge in [-0.2, -0.15) is 0 Å². The zero-order valence-electron chi connectivity index (χ0n) is 8.91. The molecule has 0 aromatic carbocycles. The summed E-state index contributed by atoms with van der Waals surface area (Å²) in [4.78, 5) is 10.5. The van der Waals surface area contributed by atoms with Gasteiger partial charge >= 0.3 is 5.97 Å². The van der Waals surface area contributed by atoms with E-state index in [1.165, 1.54) is 6.92 Å². The number of aliphatic carboxylic acids is 1. The Labute approximate surface area is 84.1 Å². The predicted octanol–water partition coefficient (Wildman–Crippen LogP) is -0.163. The molecule has 3 N–H and O–H groups in total. The molecule has 0 spiro atoms. The molecule has 0 aromatic heterocycles. The van der Waals surface area contributed by atoms with E-state index in [2.05, 4.69) is 5.32 Å². The van der Waals surface area contributed by atoms with Crippen molar-refractivity contribution in [2.24, 2.45) is 0 Å². The summed E-state index contributed by atoms with van der Waals surface area (Å²) in [6, 6.07) is 0. The summed E-state index contributed by atoms with van der Waals surface area (Å²) in [5.41, 5.74) is -1.72. The second kappa shape index (κ2) is 5.95. The van der Waals surface area contributed by atoms with E-state index in [0.29, 0.717) is 13.2 Å². The molecule has 2 atom stereocenters. The SMILES string of the molecule is CCOC(C)CNCC(C)(O)C(=O)O. The van der Waals surface area contributed by atoms with Crippen molar-refractivity contribution < 1.29 is 19.7 Å². The van der Waals surface area contributed by atoms with Crippen LogP contribution in [0.2, 0.25) is 0 Å². The van der Waals surface area contributed by atoms with Crippen molar-refractivity contribution in [3.05, 3.63) is 0 Å². The van der Waals surface area contributed by atoms with Crippen LogP contribution in [0, 0.1) is 0 Å². The lowest BCUT2D eigenvalue weighted by Crippen LogP contribution is -2.46. The number of rotatable bonds is 7. The molecule has 0 heterocycles. The molecule has 5 nitrogen and oxygen atoms in total. The molecule has 0 rings (SSSR count). The van der Waals surface area contributed by atoms with Gasteiger partial charge in [0.1, 0.15) is 0 Å². The van der Waals surface area contributed by atoms with E-state index in [0.717, 1.165) is 0 Å². The maximum absolute atomic E-state index is 10.5. The second-order valence-electron chi connectivity index (χ2n) is 3.48. The lowest BCUT2D eigenvalue weighted by atomic mass is 10.1. The Hall–Kier alpha value is -0.650. The highest BCUT2D eigenvalue weighted by Crippen LogP contribution is 2.00. The molecule has 84 valence electrons. The summed E-state index contributed by atoms with van der Waals surface area (Å²) in [5.74, 6) is -1.23. The first-order chi connectivity index (χ1) is 6.40. The second-order valence-corrected chi connectivity index (χ2v) is 3.48. The number of carboxylic acids is 1. The zero-order valence-corrected chi connectivity index (χ0v) is 8.91. The predicted molar refractivity (Wildman–Crippen MR) is 52.2 cm³/mol. The largest absolute Gasteiger partial charge is 0.479 e. The van der Waals surface area contributed by atoms with Gasteiger partial charge in [0, 0.05) is 19.7 Å². The molecule has 14 heavy (non-hydrogen) atoms. The van der Waals surface area contributed by atoms with Crippen LogP contribution in [-0.2, 0) is 9.53 Å². The van der Waals surface area contributed by atoms with E-state index >= 15 is 0 Å². The van der Waals surface area contributed by atoms with Crippen LogP contribution in [0.3, 0.4) is 0 Å². The molecule has 0 aliphatic carbocycles. The van der Waals surface area contributed by atoms with Crippen LogP contribution >= 0.6 is 0 Å². The van der Waals surface area contributed by atoms with E-state index in [-0.39, 0.29) is 12.6 Å². The van der Waals surface area contributed by atoms with Crippen LogP contribution < -0.4 is 5.32 Å². The van der Waals surface area contributed by atoms with Gasteiger partial charge in [0.2, 0.25) is 0 Å². The topological polar surface area (TPSA) is 78.8 Å². The Morgan fingerprint density at radius 1 is 1.64 bits per heavy atom. The van der Waals surface area contributed by atoms with Gasteiger partial charge in [-0.15, -0.1) is 0 Å². The van der Waals surface area contributed by atoms with Crippen molar-refractivity contribution >= 4 is 5.97 Å². The third-order valence-corrected chi connectivity index (χ3v) is 1.81. The third-order valence-electron chi connectivity index (χ3n) is 1.81. The Balaban J connectivity index is 3.68. The fourth-order valence-electron chi connectivity index (χ4n) is 0.938. The van der Waals surface area contributed by atoms with Crippen LogP contribution in [0.25, 0.3) is 0 Å². The monoisotopic (exact) mass is 205 g/mol. The molecule has 0 saturated carbocycles. The third kappa shape index (κ3) is 5.16. The van der Waals surface area contributed by atoms with Gasteiger partial charge in [0.05, 0.1) is 6.10 Å². The first-order valence-electron chi connectivity index (χ1n) is 4.68. The first kappa shape index (κ1) is 13.4. The maximum Gasteiger partial charge on any atom is 0.336 e. The van der Waals surface area contributed by atoms with Crippen LogP contribution in [0.15, 0.2) is 0 Å². The standard InChI is InChI=1S/C9H19NO4/c1-4-14-7(2)5-10-6-9(3,13)8(11)12/h7,10,13H,4-6H2,1-3H3,(H,11,12). The van der Waals surface area contributed by atoms with Gasteiger partial charge in [-0.05, 0) is 20.8 Å². The molecule has 0 saturated heterocycles. The lowest BCUT2D eigenvalue weighted by molar-refractivity contribution is -0.156. The smallest absolute Gasteiger partial charge is 0.336 e. The summed E-state index contributed by atoms with van der Waals surface area (Å²) < 4.78 is 5.23. The van der Waals surface area contributed by atoms with Crippen LogP contribution in [-0.4, -0.2) is 47.6 Å². The van der Waals surface area contributed by atoms with Crippen molar-refractivity contribution in [3.8, 4) is 0 Å². The summed E-state index contributed by atoms with van der Waals surface area (Å²) in [5, 5.41) is 20.8. The normalized spacial score (nSPS) is 17.4. The number of hydrogen-bond acceptors (Lipinski definition) is 4. The summed E-state index contributed by atoms with van der Waals surface area (Å²) in [7, 11) is 0. The summed E-state index contributed by atoms with van der Waals surface area (Å²) in [6.07, 6.45) is 0.0181. The first-order valence-corrected chi connectivity index (χ1v) is 4.68. The molecule has 5 heteroatoms. The molecule has 0 bridgehead atoms. The van der Waals surface area contributed by atoms with Crippen LogP contribution in [0.4, 0.5) is 0 Å². The highest BCUT2D eigenvalue weighted by Gasteiger charge is 2.29. The van der Waals surface area contributed by atoms with Gasteiger partial charge in [-0.3, -0.25) is 0 Å². The van der Waals surface area contributed by atoms with Gasteiger partial charge < -0.3 is 20.3 Å². The van der Waals surface area contributed by atoms with Crippen LogP contribution in [0.1, 0.15) is 20.8 Å². The fraction of sp³-hybridized carbons (Fsp3) is 0.889. The summed E-state index contributed by atoms with van der Waals surface area (Å²) in [6.45, 7) is 6.19. The summed E-state index contributed by atoms with van der Waals surface area (Å²) >= 11 is 0. The Bertz CT molecular complexity index is 182. The fourth-order valence-corrected chi connectivity index (χ4v) is 0.938. The van der Waals surface area contributed by atoms with Crippen molar-refractivity contribution in [1.29, 1.82) is 0 Å². The van der Waals surface area contributed by atoms with E-state index in [1.807, 2.05) is 13.8 Å². The zero-order chi connectivity index (χ0) is 11.2. The molecule has 0 aromatic rings. The van der Waals surface area contributed by atoms with Gasteiger partial charge in [-0.25, -0.2) is 4.79 Å². The molecule has 0 radical (unpaired) electrons. The molecule has 2 unspecified atom stereocenters. The molecule has 0 amide bonds. The minimum atomic E-state index is -1.72. The molecule has 0 fully saturated rings. The molecular weight excluding hydrogens is 186 g/mol. The van der Waals surface area contributed by atoms with E-state index in [9.17, 15) is 9.90 Å². The number of nitrogens with one attached hydrogen (secondary N) is 1. The average molecular weight is 205 g/mol. The minimum Gasteiger partial charge on any atom is -0.479 e. The maximum atomic E-state index is 10.5. The van der Waals surface area contributed by atoms with Crippen molar-refractivity contribution in [2.75, 3.05) is 19.7 Å². The van der Waals surface area contributed by atoms with E-state index in [1.54, 1.807) is 0 Å². The quantitative estimate of drug-likeness (QED) is 0.538.